The monoisotopic (exact) mass is 436 g/mol. The molecular weight excluding hydrogens is 412 g/mol. The zero-order valence-corrected chi connectivity index (χ0v) is 18.3. The van der Waals surface area contributed by atoms with Crippen LogP contribution in [-0.2, 0) is 29.3 Å². The van der Waals surface area contributed by atoms with Crippen molar-refractivity contribution in [1.29, 1.82) is 0 Å². The van der Waals surface area contributed by atoms with Crippen molar-refractivity contribution in [3.05, 3.63) is 82.8 Å². The van der Waals surface area contributed by atoms with Crippen molar-refractivity contribution in [1.82, 2.24) is 15.3 Å². The van der Waals surface area contributed by atoms with Gasteiger partial charge in [-0.1, -0.05) is 18.2 Å². The van der Waals surface area contributed by atoms with Crippen LogP contribution in [0.4, 0.5) is 5.82 Å². The molecule has 0 radical (unpaired) electrons. The van der Waals surface area contributed by atoms with Crippen molar-refractivity contribution in [3.63, 3.8) is 0 Å². The predicted molar refractivity (Wildman–Crippen MR) is 119 cm³/mol. The molecule has 0 aliphatic carbocycles. The standard InChI is InChI=1S/C23H24N4O3S/c1-16-12-19(23(28)26-13-17-5-7-20(8-6-17)31(2,29)30)14-25-22(16)27-11-9-21-18(15-27)4-3-10-24-21/h3-8,10,12,14H,9,11,13,15H2,1-2H3,(H,26,28). The van der Waals surface area contributed by atoms with Crippen LogP contribution in [0, 0.1) is 6.92 Å². The number of carbonyl (C=O) groups is 1. The predicted octanol–water partition coefficient (Wildman–Crippen LogP) is 2.68. The molecule has 0 spiro atoms. The van der Waals surface area contributed by atoms with E-state index in [1.165, 1.54) is 11.8 Å². The largest absolute Gasteiger partial charge is 0.352 e. The van der Waals surface area contributed by atoms with Gasteiger partial charge in [0.25, 0.3) is 5.91 Å². The molecule has 31 heavy (non-hydrogen) atoms. The molecule has 0 unspecified atom stereocenters. The first kappa shape index (κ1) is 21.0. The number of nitrogens with zero attached hydrogens (tertiary/aromatic N) is 3. The molecule has 0 fully saturated rings. The number of rotatable bonds is 5. The van der Waals surface area contributed by atoms with Gasteiger partial charge in [0.2, 0.25) is 0 Å². The molecule has 0 bridgehead atoms. The Morgan fingerprint density at radius 3 is 2.65 bits per heavy atom. The number of benzene rings is 1. The Balaban J connectivity index is 1.41. The van der Waals surface area contributed by atoms with Gasteiger partial charge in [-0.25, -0.2) is 13.4 Å². The average Bonchev–Trinajstić information content (AvgIpc) is 2.76. The minimum Gasteiger partial charge on any atom is -0.352 e. The molecule has 2 aromatic heterocycles. The van der Waals surface area contributed by atoms with E-state index in [0.29, 0.717) is 12.1 Å². The van der Waals surface area contributed by atoms with E-state index in [1.54, 1.807) is 30.5 Å². The van der Waals surface area contributed by atoms with Crippen molar-refractivity contribution in [2.75, 3.05) is 17.7 Å². The Morgan fingerprint density at radius 1 is 1.16 bits per heavy atom. The van der Waals surface area contributed by atoms with Crippen LogP contribution in [0.2, 0.25) is 0 Å². The highest BCUT2D eigenvalue weighted by molar-refractivity contribution is 7.90. The van der Waals surface area contributed by atoms with Gasteiger partial charge >= 0.3 is 0 Å². The maximum atomic E-state index is 12.6. The van der Waals surface area contributed by atoms with Gasteiger partial charge in [0.1, 0.15) is 5.82 Å². The van der Waals surface area contributed by atoms with Gasteiger partial charge in [-0.05, 0) is 47.9 Å². The summed E-state index contributed by atoms with van der Waals surface area (Å²) in [5.41, 5.74) is 4.60. The van der Waals surface area contributed by atoms with E-state index in [0.717, 1.165) is 42.1 Å². The molecule has 3 heterocycles. The number of hydrogen-bond donors (Lipinski definition) is 1. The summed E-state index contributed by atoms with van der Waals surface area (Å²) in [4.78, 5) is 24.1. The summed E-state index contributed by atoms with van der Waals surface area (Å²) in [6.45, 7) is 3.86. The molecule has 1 amide bonds. The molecular formula is C23H24N4O3S. The number of aryl methyl sites for hydroxylation is 1. The molecule has 1 aliphatic rings. The lowest BCUT2D eigenvalue weighted by Gasteiger charge is -2.30. The van der Waals surface area contributed by atoms with Crippen LogP contribution >= 0.6 is 0 Å². The van der Waals surface area contributed by atoms with E-state index in [4.69, 9.17) is 0 Å². The van der Waals surface area contributed by atoms with Crippen molar-refractivity contribution in [3.8, 4) is 0 Å². The van der Waals surface area contributed by atoms with Crippen molar-refractivity contribution < 1.29 is 13.2 Å². The maximum Gasteiger partial charge on any atom is 0.253 e. The van der Waals surface area contributed by atoms with E-state index < -0.39 is 9.84 Å². The van der Waals surface area contributed by atoms with E-state index in [9.17, 15) is 13.2 Å². The van der Waals surface area contributed by atoms with Crippen molar-refractivity contribution in [2.24, 2.45) is 0 Å². The summed E-state index contributed by atoms with van der Waals surface area (Å²) in [6.07, 6.45) is 5.47. The van der Waals surface area contributed by atoms with Gasteiger partial charge in [0, 0.05) is 50.4 Å². The number of hydrogen-bond acceptors (Lipinski definition) is 6. The lowest BCUT2D eigenvalue weighted by atomic mass is 10.0. The number of pyridine rings is 2. The molecule has 4 rings (SSSR count). The van der Waals surface area contributed by atoms with Gasteiger partial charge in [0.05, 0.1) is 10.5 Å². The van der Waals surface area contributed by atoms with Crippen molar-refractivity contribution >= 4 is 21.6 Å². The summed E-state index contributed by atoms with van der Waals surface area (Å²) in [5.74, 6) is 0.657. The Morgan fingerprint density at radius 2 is 1.94 bits per heavy atom. The summed E-state index contributed by atoms with van der Waals surface area (Å²) in [5, 5.41) is 2.86. The van der Waals surface area contributed by atoms with Crippen LogP contribution in [0.3, 0.4) is 0 Å². The third-order valence-corrected chi connectivity index (χ3v) is 6.51. The number of aromatic nitrogens is 2. The van der Waals surface area contributed by atoms with Gasteiger partial charge in [-0.3, -0.25) is 9.78 Å². The molecule has 0 atom stereocenters. The van der Waals surface area contributed by atoms with Crippen LogP contribution < -0.4 is 10.2 Å². The number of sulfone groups is 1. The summed E-state index contributed by atoms with van der Waals surface area (Å²) >= 11 is 0. The Bertz CT molecular complexity index is 1220. The topological polar surface area (TPSA) is 92.3 Å². The second-order valence-electron chi connectivity index (χ2n) is 7.74. The van der Waals surface area contributed by atoms with Crippen LogP contribution in [0.25, 0.3) is 0 Å². The van der Waals surface area contributed by atoms with E-state index >= 15 is 0 Å². The highest BCUT2D eigenvalue weighted by atomic mass is 32.2. The summed E-state index contributed by atoms with van der Waals surface area (Å²) in [6, 6.07) is 12.4. The Kier molecular flexibility index (Phi) is 5.73. The number of fused-ring (bicyclic) bond motifs is 1. The molecule has 1 aliphatic heterocycles. The summed E-state index contributed by atoms with van der Waals surface area (Å²) in [7, 11) is -3.23. The highest BCUT2D eigenvalue weighted by Crippen LogP contribution is 2.25. The second kappa shape index (κ2) is 8.47. The highest BCUT2D eigenvalue weighted by Gasteiger charge is 2.20. The minimum absolute atomic E-state index is 0.220. The Hall–Kier alpha value is -3.26. The van der Waals surface area contributed by atoms with E-state index in [2.05, 4.69) is 26.3 Å². The molecule has 160 valence electrons. The fraction of sp³-hybridized carbons (Fsp3) is 0.261. The average molecular weight is 437 g/mol. The van der Waals surface area contributed by atoms with Gasteiger partial charge in [0.15, 0.2) is 9.84 Å². The van der Waals surface area contributed by atoms with E-state index in [1.807, 2.05) is 25.3 Å². The molecule has 1 aromatic carbocycles. The smallest absolute Gasteiger partial charge is 0.253 e. The fourth-order valence-corrected chi connectivity index (χ4v) is 4.34. The molecule has 1 N–H and O–H groups in total. The molecule has 8 heteroatoms. The first-order chi connectivity index (χ1) is 14.8. The number of nitrogens with one attached hydrogen (secondary N) is 1. The van der Waals surface area contributed by atoms with Crippen LogP contribution in [0.15, 0.2) is 59.8 Å². The lowest BCUT2D eigenvalue weighted by molar-refractivity contribution is 0.0950. The summed E-state index contributed by atoms with van der Waals surface area (Å²) < 4.78 is 23.1. The minimum atomic E-state index is -3.23. The molecule has 0 saturated heterocycles. The maximum absolute atomic E-state index is 12.6. The number of carbonyl (C=O) groups excluding carboxylic acids is 1. The number of anilines is 1. The third kappa shape index (κ3) is 4.74. The van der Waals surface area contributed by atoms with Gasteiger partial charge in [-0.2, -0.15) is 0 Å². The van der Waals surface area contributed by atoms with E-state index in [-0.39, 0.29) is 10.8 Å². The first-order valence-electron chi connectivity index (χ1n) is 10.0. The lowest BCUT2D eigenvalue weighted by Crippen LogP contribution is -2.32. The van der Waals surface area contributed by atoms with Crippen LogP contribution in [0.5, 0.6) is 0 Å². The zero-order valence-electron chi connectivity index (χ0n) is 17.5. The second-order valence-corrected chi connectivity index (χ2v) is 9.76. The number of amides is 1. The van der Waals surface area contributed by atoms with Crippen LogP contribution in [-0.4, -0.2) is 37.1 Å². The molecule has 0 saturated carbocycles. The normalized spacial score (nSPS) is 13.5. The van der Waals surface area contributed by atoms with Crippen molar-refractivity contribution in [2.45, 2.75) is 31.3 Å². The Labute approximate surface area is 182 Å². The quantitative estimate of drug-likeness (QED) is 0.661. The SMILES string of the molecule is Cc1cc(C(=O)NCc2ccc(S(C)(=O)=O)cc2)cnc1N1CCc2ncccc2C1. The third-order valence-electron chi connectivity index (χ3n) is 5.38. The fourth-order valence-electron chi connectivity index (χ4n) is 3.71. The van der Waals surface area contributed by atoms with Crippen LogP contribution in [0.1, 0.15) is 32.7 Å². The van der Waals surface area contributed by atoms with Gasteiger partial charge in [-0.15, -0.1) is 0 Å². The molecule has 3 aromatic rings. The van der Waals surface area contributed by atoms with Gasteiger partial charge < -0.3 is 10.2 Å². The first-order valence-corrected chi connectivity index (χ1v) is 11.9. The zero-order chi connectivity index (χ0) is 22.0. The molecule has 7 nitrogen and oxygen atoms in total.